The molecular weight excluding hydrogens is 363 g/mol. The first-order valence-corrected chi connectivity index (χ1v) is 11.0. The van der Waals surface area contributed by atoms with Crippen LogP contribution in [0.1, 0.15) is 77.6 Å². The molecule has 0 aromatic carbocycles. The van der Waals surface area contributed by atoms with E-state index < -0.39 is 33.3 Å². The van der Waals surface area contributed by atoms with Gasteiger partial charge in [0.1, 0.15) is 12.9 Å². The summed E-state index contributed by atoms with van der Waals surface area (Å²) in [4.78, 5) is 29.2. The Hall–Kier alpha value is -0.500. The maximum atomic E-state index is 11.8. The number of esters is 1. The average Bonchev–Trinajstić information content (AvgIpc) is 2.58. The van der Waals surface area contributed by atoms with Crippen molar-refractivity contribution in [2.45, 2.75) is 83.7 Å². The maximum absolute atomic E-state index is 11.8. The van der Waals surface area contributed by atoms with Crippen LogP contribution in [0.3, 0.4) is 0 Å². The third kappa shape index (κ3) is 18.3. The third-order valence-electron chi connectivity index (χ3n) is 3.86. The fraction of sp³-hybridized carbons (Fsp3) is 0.941. The van der Waals surface area contributed by atoms with Crippen molar-refractivity contribution in [1.82, 2.24) is 0 Å². The summed E-state index contributed by atoms with van der Waals surface area (Å²) in [6.07, 6.45) is 10.9. The van der Waals surface area contributed by atoms with E-state index in [1.54, 1.807) is 0 Å². The molecule has 0 aliphatic heterocycles. The van der Waals surface area contributed by atoms with Crippen molar-refractivity contribution in [3.05, 3.63) is 0 Å². The molecule has 0 fully saturated rings. The Bertz CT molecular complexity index is 385. The quantitative estimate of drug-likeness (QED) is 0.139. The summed E-state index contributed by atoms with van der Waals surface area (Å²) in [6, 6.07) is 0. The Morgan fingerprint density at radius 2 is 1.46 bits per heavy atom. The summed E-state index contributed by atoms with van der Waals surface area (Å²) in [5.74, 6) is -0.467. The molecule has 26 heavy (non-hydrogen) atoms. The number of phosphoric acid groups is 1. The number of ether oxygens (including phenoxy) is 2. The van der Waals surface area contributed by atoms with Crippen molar-refractivity contribution in [3.63, 3.8) is 0 Å². The predicted octanol–water partition coefficient (Wildman–Crippen LogP) is 3.28. The molecule has 0 bridgehead atoms. The molecule has 0 amide bonds. The molecule has 156 valence electrons. The van der Waals surface area contributed by atoms with E-state index in [9.17, 15) is 9.36 Å². The van der Waals surface area contributed by atoms with Crippen LogP contribution in [-0.2, 0) is 23.4 Å². The van der Waals surface area contributed by atoms with Gasteiger partial charge in [0, 0.05) is 6.42 Å². The van der Waals surface area contributed by atoms with Gasteiger partial charge in [-0.3, -0.25) is 9.32 Å². The van der Waals surface area contributed by atoms with Gasteiger partial charge in [0.15, 0.2) is 0 Å². The van der Waals surface area contributed by atoms with Crippen molar-refractivity contribution in [2.24, 2.45) is 0 Å². The van der Waals surface area contributed by atoms with Crippen molar-refractivity contribution in [1.29, 1.82) is 0 Å². The van der Waals surface area contributed by atoms with Gasteiger partial charge < -0.3 is 24.4 Å². The SMILES string of the molecule is CCCCCCCCCCCCC(=O)O[C@@H](COCO)COP(=O)(O)O. The smallest absolute Gasteiger partial charge is 0.457 e. The molecule has 0 saturated heterocycles. The van der Waals surface area contributed by atoms with E-state index in [-0.39, 0.29) is 13.0 Å². The first-order valence-electron chi connectivity index (χ1n) is 9.47. The van der Waals surface area contributed by atoms with Gasteiger partial charge in [-0.1, -0.05) is 64.7 Å². The molecule has 0 saturated carbocycles. The Balaban J connectivity index is 3.76. The minimum Gasteiger partial charge on any atom is -0.457 e. The number of rotatable bonds is 18. The molecule has 0 aliphatic carbocycles. The van der Waals surface area contributed by atoms with Gasteiger partial charge in [-0.15, -0.1) is 0 Å². The highest BCUT2D eigenvalue weighted by atomic mass is 31.2. The zero-order chi connectivity index (χ0) is 19.7. The molecule has 9 heteroatoms. The van der Waals surface area contributed by atoms with E-state index in [0.717, 1.165) is 12.8 Å². The molecular formula is C17H35O8P. The minimum absolute atomic E-state index is 0.194. The highest BCUT2D eigenvalue weighted by molar-refractivity contribution is 7.46. The number of hydrogen-bond donors (Lipinski definition) is 3. The number of unbranched alkanes of at least 4 members (excludes halogenated alkanes) is 9. The molecule has 0 heterocycles. The molecule has 0 spiro atoms. The molecule has 0 unspecified atom stereocenters. The van der Waals surface area contributed by atoms with Gasteiger partial charge >= 0.3 is 13.8 Å². The lowest BCUT2D eigenvalue weighted by Crippen LogP contribution is -2.28. The predicted molar refractivity (Wildman–Crippen MR) is 97.4 cm³/mol. The summed E-state index contributed by atoms with van der Waals surface area (Å²) in [5, 5.41) is 8.62. The summed E-state index contributed by atoms with van der Waals surface area (Å²) >= 11 is 0. The van der Waals surface area contributed by atoms with Crippen LogP contribution in [-0.4, -0.2) is 47.0 Å². The first-order chi connectivity index (χ1) is 12.4. The van der Waals surface area contributed by atoms with Gasteiger partial charge in [0.25, 0.3) is 0 Å². The lowest BCUT2D eigenvalue weighted by Gasteiger charge is -2.17. The number of hydrogen-bond acceptors (Lipinski definition) is 6. The molecule has 0 radical (unpaired) electrons. The minimum atomic E-state index is -4.65. The van der Waals surface area contributed by atoms with Crippen LogP contribution < -0.4 is 0 Å². The Morgan fingerprint density at radius 1 is 0.923 bits per heavy atom. The van der Waals surface area contributed by atoms with Gasteiger partial charge in [0.05, 0.1) is 13.2 Å². The van der Waals surface area contributed by atoms with E-state index in [1.165, 1.54) is 44.9 Å². The number of phosphoric ester groups is 1. The molecule has 3 N–H and O–H groups in total. The van der Waals surface area contributed by atoms with E-state index in [4.69, 9.17) is 24.4 Å². The third-order valence-corrected chi connectivity index (χ3v) is 4.34. The topological polar surface area (TPSA) is 123 Å². The normalized spacial score (nSPS) is 12.9. The van der Waals surface area contributed by atoms with Gasteiger partial charge in [0.2, 0.25) is 0 Å². The largest absolute Gasteiger partial charge is 0.469 e. The average molecular weight is 398 g/mol. The van der Waals surface area contributed by atoms with Crippen molar-refractivity contribution >= 4 is 13.8 Å². The van der Waals surface area contributed by atoms with Crippen LogP contribution in [0.25, 0.3) is 0 Å². The van der Waals surface area contributed by atoms with Crippen LogP contribution in [0.15, 0.2) is 0 Å². The Morgan fingerprint density at radius 3 is 1.96 bits per heavy atom. The van der Waals surface area contributed by atoms with Crippen molar-refractivity contribution < 1.29 is 38.3 Å². The van der Waals surface area contributed by atoms with E-state index in [2.05, 4.69) is 11.4 Å². The van der Waals surface area contributed by atoms with Gasteiger partial charge in [-0.05, 0) is 6.42 Å². The van der Waals surface area contributed by atoms with Crippen LogP contribution in [0, 0.1) is 0 Å². The van der Waals surface area contributed by atoms with Gasteiger partial charge in [-0.2, -0.15) is 0 Å². The highest BCUT2D eigenvalue weighted by Gasteiger charge is 2.21. The maximum Gasteiger partial charge on any atom is 0.469 e. The fourth-order valence-electron chi connectivity index (χ4n) is 2.48. The van der Waals surface area contributed by atoms with Crippen molar-refractivity contribution in [3.8, 4) is 0 Å². The van der Waals surface area contributed by atoms with Crippen LogP contribution >= 0.6 is 7.82 Å². The highest BCUT2D eigenvalue weighted by Crippen LogP contribution is 2.35. The first kappa shape index (κ1) is 25.5. The molecule has 1 atom stereocenters. The summed E-state index contributed by atoms with van der Waals surface area (Å²) in [6.45, 7) is 0.939. The summed E-state index contributed by atoms with van der Waals surface area (Å²) < 4.78 is 24.8. The monoisotopic (exact) mass is 398 g/mol. The lowest BCUT2D eigenvalue weighted by atomic mass is 10.1. The molecule has 0 rings (SSSR count). The fourth-order valence-corrected chi connectivity index (χ4v) is 2.84. The van der Waals surface area contributed by atoms with Crippen molar-refractivity contribution in [2.75, 3.05) is 20.0 Å². The second-order valence-electron chi connectivity index (χ2n) is 6.33. The Kier molecular flexibility index (Phi) is 16.3. The lowest BCUT2D eigenvalue weighted by molar-refractivity contribution is -0.157. The molecule has 0 aromatic rings. The van der Waals surface area contributed by atoms with E-state index in [0.29, 0.717) is 6.42 Å². The zero-order valence-corrected chi connectivity index (χ0v) is 16.7. The Labute approximate surface area is 156 Å². The van der Waals surface area contributed by atoms with Gasteiger partial charge in [-0.25, -0.2) is 4.57 Å². The molecule has 8 nitrogen and oxygen atoms in total. The summed E-state index contributed by atoms with van der Waals surface area (Å²) in [5.41, 5.74) is 0. The second-order valence-corrected chi connectivity index (χ2v) is 7.57. The molecule has 0 aromatic heterocycles. The van der Waals surface area contributed by atoms with Crippen LogP contribution in [0.4, 0.5) is 0 Å². The number of aliphatic hydroxyl groups excluding tert-OH is 1. The summed E-state index contributed by atoms with van der Waals surface area (Å²) in [7, 11) is -4.65. The molecule has 0 aliphatic rings. The van der Waals surface area contributed by atoms with E-state index in [1.807, 2.05) is 0 Å². The zero-order valence-electron chi connectivity index (χ0n) is 15.8. The van der Waals surface area contributed by atoms with Crippen LogP contribution in [0.5, 0.6) is 0 Å². The number of carbonyl (C=O) groups excluding carboxylic acids is 1. The number of carbonyl (C=O) groups is 1. The van der Waals surface area contributed by atoms with E-state index >= 15 is 0 Å². The van der Waals surface area contributed by atoms with Crippen LogP contribution in [0.2, 0.25) is 0 Å². The second kappa shape index (κ2) is 16.7. The standard InChI is InChI=1S/C17H35O8P/c1-2-3-4-5-6-7-8-9-10-11-12-17(19)25-16(13-23-15-18)14-24-26(20,21)22/h16,18H,2-15H2,1H3,(H2,20,21,22)/t16-/m0/s1. The number of aliphatic hydroxyl groups is 1.